The Labute approximate surface area is 188 Å². The Balaban J connectivity index is 1.72. The van der Waals surface area contributed by atoms with E-state index in [0.29, 0.717) is 0 Å². The van der Waals surface area contributed by atoms with Gasteiger partial charge in [-0.25, -0.2) is 8.42 Å². The molecule has 0 aliphatic carbocycles. The van der Waals surface area contributed by atoms with E-state index in [9.17, 15) is 31.2 Å². The van der Waals surface area contributed by atoms with E-state index in [2.05, 4.69) is 10.6 Å². The summed E-state index contributed by atoms with van der Waals surface area (Å²) in [7, 11) is -3.39. The summed E-state index contributed by atoms with van der Waals surface area (Å²) in [6.45, 7) is 1.52. The molecule has 0 saturated carbocycles. The number of hydrogen-bond acceptors (Lipinski definition) is 4. The van der Waals surface area contributed by atoms with E-state index in [1.807, 2.05) is 0 Å². The highest BCUT2D eigenvalue weighted by Crippen LogP contribution is 2.30. The molecule has 2 amide bonds. The maximum atomic E-state index is 12.9. The molecule has 0 heterocycles. The summed E-state index contributed by atoms with van der Waals surface area (Å²) in [4.78, 5) is 25.1. The van der Waals surface area contributed by atoms with Gasteiger partial charge in [0.1, 0.15) is 0 Å². The third-order valence-electron chi connectivity index (χ3n) is 4.69. The molecule has 2 N–H and O–H groups in total. The van der Waals surface area contributed by atoms with Crippen LogP contribution in [0.5, 0.6) is 0 Å². The Morgan fingerprint density at radius 2 is 1.33 bits per heavy atom. The molecule has 3 aromatic rings. The first-order valence-corrected chi connectivity index (χ1v) is 11.4. The lowest BCUT2D eigenvalue weighted by molar-refractivity contribution is -0.137. The average Bonchev–Trinajstić information content (AvgIpc) is 2.79. The normalized spacial score (nSPS) is 11.6. The minimum Gasteiger partial charge on any atom is -0.322 e. The van der Waals surface area contributed by atoms with Gasteiger partial charge in [-0.3, -0.25) is 9.59 Å². The second-order valence-electron chi connectivity index (χ2n) is 7.00. The van der Waals surface area contributed by atoms with Crippen LogP contribution in [0.1, 0.15) is 33.2 Å². The van der Waals surface area contributed by atoms with Gasteiger partial charge in [0.05, 0.1) is 16.2 Å². The number of carbonyl (C=O) groups excluding carboxylic acids is 2. The Morgan fingerprint density at radius 1 is 0.788 bits per heavy atom. The fourth-order valence-corrected chi connectivity index (χ4v) is 3.78. The summed E-state index contributed by atoms with van der Waals surface area (Å²) in [6, 6.07) is 15.5. The van der Waals surface area contributed by atoms with Crippen LogP contribution in [0.25, 0.3) is 0 Å². The zero-order valence-corrected chi connectivity index (χ0v) is 18.1. The van der Waals surface area contributed by atoms with E-state index in [0.717, 1.165) is 12.1 Å². The van der Waals surface area contributed by atoms with E-state index >= 15 is 0 Å². The molecule has 0 radical (unpaired) electrons. The fourth-order valence-electron chi connectivity index (χ4n) is 2.90. The number of rotatable bonds is 6. The van der Waals surface area contributed by atoms with Gasteiger partial charge in [0.2, 0.25) is 0 Å². The van der Waals surface area contributed by atoms with Crippen molar-refractivity contribution in [1.29, 1.82) is 0 Å². The third-order valence-corrected chi connectivity index (χ3v) is 6.44. The Morgan fingerprint density at radius 3 is 1.91 bits per heavy atom. The number of amides is 2. The van der Waals surface area contributed by atoms with Gasteiger partial charge >= 0.3 is 6.18 Å². The molecule has 0 aromatic heterocycles. The zero-order valence-electron chi connectivity index (χ0n) is 17.3. The minimum absolute atomic E-state index is 0.0219. The van der Waals surface area contributed by atoms with Crippen molar-refractivity contribution in [2.75, 3.05) is 16.4 Å². The largest absolute Gasteiger partial charge is 0.416 e. The molecule has 0 fully saturated rings. The van der Waals surface area contributed by atoms with Crippen molar-refractivity contribution in [3.8, 4) is 0 Å². The second-order valence-corrected chi connectivity index (χ2v) is 9.27. The molecular formula is C23H19F3N2O4S. The number of alkyl halides is 3. The van der Waals surface area contributed by atoms with E-state index in [1.54, 1.807) is 0 Å². The third kappa shape index (κ3) is 5.98. The first-order chi connectivity index (χ1) is 15.5. The van der Waals surface area contributed by atoms with Crippen molar-refractivity contribution < 1.29 is 31.2 Å². The molecule has 0 bridgehead atoms. The summed E-state index contributed by atoms with van der Waals surface area (Å²) in [5.74, 6) is -1.24. The lowest BCUT2D eigenvalue weighted by Gasteiger charge is -2.11. The monoisotopic (exact) mass is 476 g/mol. The molecule has 6 nitrogen and oxygen atoms in total. The maximum Gasteiger partial charge on any atom is 0.416 e. The lowest BCUT2D eigenvalue weighted by Crippen LogP contribution is -2.15. The van der Waals surface area contributed by atoms with Gasteiger partial charge in [0.25, 0.3) is 11.8 Å². The SMILES string of the molecule is CCS(=O)(=O)c1ccc(C(=O)Nc2cccc(C(=O)Nc3cccc(C(F)(F)F)c3)c2)cc1. The van der Waals surface area contributed by atoms with Crippen molar-refractivity contribution in [1.82, 2.24) is 0 Å². The van der Waals surface area contributed by atoms with E-state index in [4.69, 9.17) is 0 Å². The highest BCUT2D eigenvalue weighted by molar-refractivity contribution is 7.91. The number of carbonyl (C=O) groups is 2. The van der Waals surface area contributed by atoms with Gasteiger partial charge in [0.15, 0.2) is 9.84 Å². The Kier molecular flexibility index (Phi) is 6.87. The number of sulfone groups is 1. The van der Waals surface area contributed by atoms with Crippen molar-refractivity contribution in [3.05, 3.63) is 89.5 Å². The number of nitrogens with one attached hydrogen (secondary N) is 2. The molecule has 0 aliphatic heterocycles. The van der Waals surface area contributed by atoms with E-state index < -0.39 is 33.4 Å². The van der Waals surface area contributed by atoms with Crippen LogP contribution in [-0.4, -0.2) is 26.0 Å². The minimum atomic E-state index is -4.54. The summed E-state index contributed by atoms with van der Waals surface area (Å²) in [5, 5.41) is 5.00. The summed E-state index contributed by atoms with van der Waals surface area (Å²) < 4.78 is 62.3. The highest BCUT2D eigenvalue weighted by Gasteiger charge is 2.30. The molecule has 10 heteroatoms. The summed E-state index contributed by atoms with van der Waals surface area (Å²) in [5.41, 5.74) is -0.300. The predicted octanol–water partition coefficient (Wildman–Crippen LogP) is 5.00. The van der Waals surface area contributed by atoms with Crippen LogP contribution in [-0.2, 0) is 16.0 Å². The second kappa shape index (κ2) is 9.45. The van der Waals surface area contributed by atoms with Crippen LogP contribution in [0, 0.1) is 0 Å². The van der Waals surface area contributed by atoms with Crippen LogP contribution in [0.3, 0.4) is 0 Å². The molecule has 3 rings (SSSR count). The van der Waals surface area contributed by atoms with Crippen molar-refractivity contribution >= 4 is 33.0 Å². The van der Waals surface area contributed by atoms with E-state index in [-0.39, 0.29) is 33.2 Å². The van der Waals surface area contributed by atoms with Crippen molar-refractivity contribution in [2.45, 2.75) is 18.0 Å². The Bertz CT molecular complexity index is 1290. The van der Waals surface area contributed by atoms with Crippen LogP contribution in [0.4, 0.5) is 24.5 Å². The van der Waals surface area contributed by atoms with Crippen LogP contribution in [0.15, 0.2) is 77.7 Å². The lowest BCUT2D eigenvalue weighted by atomic mass is 10.1. The predicted molar refractivity (Wildman–Crippen MR) is 118 cm³/mol. The van der Waals surface area contributed by atoms with Crippen LogP contribution >= 0.6 is 0 Å². The quantitative estimate of drug-likeness (QED) is 0.524. The average molecular weight is 476 g/mol. The molecule has 172 valence electrons. The van der Waals surface area contributed by atoms with Gasteiger partial charge in [-0.2, -0.15) is 13.2 Å². The smallest absolute Gasteiger partial charge is 0.322 e. The number of halogens is 3. The molecule has 3 aromatic carbocycles. The maximum absolute atomic E-state index is 12.9. The van der Waals surface area contributed by atoms with Crippen LogP contribution < -0.4 is 10.6 Å². The topological polar surface area (TPSA) is 92.3 Å². The number of anilines is 2. The number of benzene rings is 3. The molecular weight excluding hydrogens is 457 g/mol. The standard InChI is InChI=1S/C23H19F3N2O4S/c1-2-33(31,32)20-11-9-15(10-12-20)21(29)27-18-7-3-5-16(13-18)22(30)28-19-8-4-6-17(14-19)23(24,25)26/h3-14H,2H2,1H3,(H,27,29)(H,28,30). The molecule has 0 atom stereocenters. The van der Waals surface area contributed by atoms with Crippen molar-refractivity contribution in [2.24, 2.45) is 0 Å². The molecule has 0 spiro atoms. The van der Waals surface area contributed by atoms with Gasteiger partial charge in [-0.1, -0.05) is 19.1 Å². The fraction of sp³-hybridized carbons (Fsp3) is 0.130. The molecule has 33 heavy (non-hydrogen) atoms. The summed E-state index contributed by atoms with van der Waals surface area (Å²) in [6.07, 6.45) is -4.54. The zero-order chi connectivity index (χ0) is 24.2. The molecule has 0 saturated heterocycles. The van der Waals surface area contributed by atoms with Crippen LogP contribution in [0.2, 0.25) is 0 Å². The summed E-state index contributed by atoms with van der Waals surface area (Å²) >= 11 is 0. The van der Waals surface area contributed by atoms with Gasteiger partial charge in [-0.05, 0) is 60.7 Å². The van der Waals surface area contributed by atoms with Crippen molar-refractivity contribution in [3.63, 3.8) is 0 Å². The van der Waals surface area contributed by atoms with Gasteiger partial charge in [-0.15, -0.1) is 0 Å². The first-order valence-electron chi connectivity index (χ1n) is 9.72. The number of hydrogen-bond donors (Lipinski definition) is 2. The first kappa shape index (κ1) is 24.0. The van der Waals surface area contributed by atoms with E-state index in [1.165, 1.54) is 67.6 Å². The van der Waals surface area contributed by atoms with Gasteiger partial charge in [0, 0.05) is 22.5 Å². The highest BCUT2D eigenvalue weighted by atomic mass is 32.2. The van der Waals surface area contributed by atoms with Gasteiger partial charge < -0.3 is 10.6 Å². The molecule has 0 unspecified atom stereocenters. The molecule has 0 aliphatic rings. The Hall–Kier alpha value is -3.66.